The number of nitrogens with zero attached hydrogens (tertiary/aromatic N) is 2. The highest BCUT2D eigenvalue weighted by molar-refractivity contribution is 6.05. The van der Waals surface area contributed by atoms with Gasteiger partial charge in [0.15, 0.2) is 0 Å². The lowest BCUT2D eigenvalue weighted by molar-refractivity contribution is -0.116. The highest BCUT2D eigenvalue weighted by atomic mass is 19.1. The summed E-state index contributed by atoms with van der Waals surface area (Å²) in [6.45, 7) is 2.10. The zero-order valence-electron chi connectivity index (χ0n) is 13.9. The van der Waals surface area contributed by atoms with Crippen LogP contribution in [0.15, 0.2) is 24.5 Å². The van der Waals surface area contributed by atoms with Crippen molar-refractivity contribution in [2.45, 2.75) is 38.6 Å². The Morgan fingerprint density at radius 2 is 2.20 bits per heavy atom. The Kier molecular flexibility index (Phi) is 3.78. The van der Waals surface area contributed by atoms with Crippen LogP contribution in [0.3, 0.4) is 0 Å². The van der Waals surface area contributed by atoms with Crippen molar-refractivity contribution in [1.82, 2.24) is 9.78 Å². The molecule has 1 fully saturated rings. The van der Waals surface area contributed by atoms with Gasteiger partial charge in [0.1, 0.15) is 5.82 Å². The number of hydrogen-bond acceptors (Lipinski definition) is 3. The van der Waals surface area contributed by atoms with E-state index >= 15 is 0 Å². The lowest BCUT2D eigenvalue weighted by Gasteiger charge is -2.18. The van der Waals surface area contributed by atoms with E-state index in [1.807, 2.05) is 4.68 Å². The molecule has 7 heteroatoms. The molecule has 6 nitrogen and oxygen atoms in total. The first-order chi connectivity index (χ1) is 12.0. The van der Waals surface area contributed by atoms with Gasteiger partial charge in [0.05, 0.1) is 23.5 Å². The van der Waals surface area contributed by atoms with Gasteiger partial charge < -0.3 is 10.6 Å². The van der Waals surface area contributed by atoms with E-state index in [1.54, 1.807) is 12.4 Å². The molecular weight excluding hydrogens is 323 g/mol. The minimum atomic E-state index is -0.655. The van der Waals surface area contributed by atoms with E-state index < -0.39 is 11.7 Å². The number of aromatic nitrogens is 2. The van der Waals surface area contributed by atoms with Gasteiger partial charge in [0.2, 0.25) is 5.91 Å². The lowest BCUT2D eigenvalue weighted by Crippen LogP contribution is -2.21. The Labute approximate surface area is 144 Å². The number of nitrogens with one attached hydrogen (secondary N) is 2. The van der Waals surface area contributed by atoms with Crippen molar-refractivity contribution >= 4 is 23.2 Å². The van der Waals surface area contributed by atoms with E-state index in [0.29, 0.717) is 36.2 Å². The summed E-state index contributed by atoms with van der Waals surface area (Å²) in [5.74, 6) is -0.661. The minimum Gasteiger partial charge on any atom is -0.326 e. The number of amides is 2. The molecule has 2 aliphatic rings. The third-order valence-corrected chi connectivity index (χ3v) is 4.91. The van der Waals surface area contributed by atoms with Crippen molar-refractivity contribution < 1.29 is 14.0 Å². The molecule has 0 unspecified atom stereocenters. The summed E-state index contributed by atoms with van der Waals surface area (Å²) in [7, 11) is 0. The number of carbonyl (C=O) groups excluding carboxylic acids is 2. The average Bonchev–Trinajstić information content (AvgIpc) is 3.33. The third-order valence-electron chi connectivity index (χ3n) is 4.91. The monoisotopic (exact) mass is 342 g/mol. The SMILES string of the molecule is C[C@H](C1CC1)n1cc(NC(=O)c2cc3c(cc2F)NC(=O)CC3)cn1. The summed E-state index contributed by atoms with van der Waals surface area (Å²) in [5, 5.41) is 9.61. The Balaban J connectivity index is 1.52. The van der Waals surface area contributed by atoms with Crippen LogP contribution in [0, 0.1) is 11.7 Å². The largest absolute Gasteiger partial charge is 0.326 e. The maximum atomic E-state index is 14.3. The molecule has 0 saturated heterocycles. The van der Waals surface area contributed by atoms with Crippen molar-refractivity contribution in [3.8, 4) is 0 Å². The molecule has 1 aliphatic carbocycles. The summed E-state index contributed by atoms with van der Waals surface area (Å²) in [6.07, 6.45) is 6.61. The number of benzene rings is 1. The van der Waals surface area contributed by atoms with E-state index in [1.165, 1.54) is 25.0 Å². The van der Waals surface area contributed by atoms with Gasteiger partial charge in [-0.2, -0.15) is 5.10 Å². The van der Waals surface area contributed by atoms with Crippen LogP contribution in [-0.2, 0) is 11.2 Å². The lowest BCUT2D eigenvalue weighted by atomic mass is 9.99. The Hall–Kier alpha value is -2.70. The van der Waals surface area contributed by atoms with Crippen LogP contribution in [0.4, 0.5) is 15.8 Å². The molecule has 0 radical (unpaired) electrons. The zero-order valence-corrected chi connectivity index (χ0v) is 13.9. The number of carbonyl (C=O) groups is 2. The molecule has 0 spiro atoms. The number of aryl methyl sites for hydroxylation is 1. The second-order valence-corrected chi connectivity index (χ2v) is 6.78. The normalized spacial score (nSPS) is 17.6. The number of hydrogen-bond donors (Lipinski definition) is 2. The predicted molar refractivity (Wildman–Crippen MR) is 91.0 cm³/mol. The molecule has 1 atom stereocenters. The summed E-state index contributed by atoms with van der Waals surface area (Å²) in [6, 6.07) is 3.02. The van der Waals surface area contributed by atoms with Gasteiger partial charge in [-0.15, -0.1) is 0 Å². The molecule has 2 heterocycles. The molecular formula is C18H19FN4O2. The first-order valence-electron chi connectivity index (χ1n) is 8.49. The van der Waals surface area contributed by atoms with Gasteiger partial charge in [-0.1, -0.05) is 0 Å². The molecule has 1 saturated carbocycles. The number of halogens is 1. The smallest absolute Gasteiger partial charge is 0.258 e. The van der Waals surface area contributed by atoms with Crippen LogP contribution in [-0.4, -0.2) is 21.6 Å². The van der Waals surface area contributed by atoms with Gasteiger partial charge in [-0.3, -0.25) is 14.3 Å². The van der Waals surface area contributed by atoms with E-state index in [-0.39, 0.29) is 11.5 Å². The maximum absolute atomic E-state index is 14.3. The summed E-state index contributed by atoms with van der Waals surface area (Å²) < 4.78 is 16.1. The fourth-order valence-electron chi connectivity index (χ4n) is 3.19. The molecule has 2 amide bonds. The molecule has 2 aromatic rings. The third kappa shape index (κ3) is 3.14. The van der Waals surface area contributed by atoms with E-state index in [4.69, 9.17) is 0 Å². The van der Waals surface area contributed by atoms with Crippen LogP contribution in [0.2, 0.25) is 0 Å². The van der Waals surface area contributed by atoms with Gasteiger partial charge in [-0.05, 0) is 49.8 Å². The fourth-order valence-corrected chi connectivity index (χ4v) is 3.19. The Morgan fingerprint density at radius 1 is 1.40 bits per heavy atom. The molecule has 1 aliphatic heterocycles. The quantitative estimate of drug-likeness (QED) is 0.896. The van der Waals surface area contributed by atoms with Crippen molar-refractivity contribution in [2.75, 3.05) is 10.6 Å². The topological polar surface area (TPSA) is 76.0 Å². The highest BCUT2D eigenvalue weighted by Gasteiger charge is 2.29. The van der Waals surface area contributed by atoms with Gasteiger partial charge in [0.25, 0.3) is 5.91 Å². The summed E-state index contributed by atoms with van der Waals surface area (Å²) in [5.41, 5.74) is 1.72. The van der Waals surface area contributed by atoms with Crippen LogP contribution in [0.1, 0.15) is 48.1 Å². The van der Waals surface area contributed by atoms with Gasteiger partial charge >= 0.3 is 0 Å². The molecule has 0 bridgehead atoms. The van der Waals surface area contributed by atoms with Crippen molar-refractivity contribution in [2.24, 2.45) is 5.92 Å². The van der Waals surface area contributed by atoms with Gasteiger partial charge in [-0.25, -0.2) is 4.39 Å². The van der Waals surface area contributed by atoms with Crippen molar-refractivity contribution in [1.29, 1.82) is 0 Å². The van der Waals surface area contributed by atoms with Crippen LogP contribution >= 0.6 is 0 Å². The predicted octanol–water partition coefficient (Wildman–Crippen LogP) is 3.13. The molecule has 2 N–H and O–H groups in total. The fraction of sp³-hybridized carbons (Fsp3) is 0.389. The first kappa shape index (κ1) is 15.8. The van der Waals surface area contributed by atoms with E-state index in [0.717, 1.165) is 5.56 Å². The van der Waals surface area contributed by atoms with Crippen LogP contribution in [0.25, 0.3) is 0 Å². The number of anilines is 2. The molecule has 1 aromatic carbocycles. The first-order valence-corrected chi connectivity index (χ1v) is 8.49. The summed E-state index contributed by atoms with van der Waals surface area (Å²) in [4.78, 5) is 23.8. The average molecular weight is 342 g/mol. The Bertz CT molecular complexity index is 857. The van der Waals surface area contributed by atoms with Gasteiger partial charge in [0, 0.05) is 18.3 Å². The van der Waals surface area contributed by atoms with Crippen LogP contribution in [0.5, 0.6) is 0 Å². The van der Waals surface area contributed by atoms with E-state index in [2.05, 4.69) is 22.7 Å². The molecule has 130 valence electrons. The standard InChI is InChI=1S/C18H19FN4O2/c1-10(11-2-3-11)23-9-13(8-20-23)21-18(25)14-6-12-4-5-17(24)22-16(12)7-15(14)19/h6-11H,2-5H2,1H3,(H,21,25)(H,22,24)/t10-/m1/s1. The Morgan fingerprint density at radius 3 is 2.96 bits per heavy atom. The summed E-state index contributed by atoms with van der Waals surface area (Å²) >= 11 is 0. The minimum absolute atomic E-state index is 0.0297. The van der Waals surface area contributed by atoms with Crippen LogP contribution < -0.4 is 10.6 Å². The maximum Gasteiger partial charge on any atom is 0.258 e. The molecule has 1 aromatic heterocycles. The molecule has 4 rings (SSSR count). The number of fused-ring (bicyclic) bond motifs is 1. The van der Waals surface area contributed by atoms with E-state index in [9.17, 15) is 14.0 Å². The molecule has 25 heavy (non-hydrogen) atoms. The second-order valence-electron chi connectivity index (χ2n) is 6.78. The zero-order chi connectivity index (χ0) is 17.6. The second kappa shape index (κ2) is 5.98. The number of rotatable bonds is 4. The highest BCUT2D eigenvalue weighted by Crippen LogP contribution is 2.39. The van der Waals surface area contributed by atoms with Crippen molar-refractivity contribution in [3.63, 3.8) is 0 Å². The van der Waals surface area contributed by atoms with Crippen molar-refractivity contribution in [3.05, 3.63) is 41.5 Å².